The second kappa shape index (κ2) is 8.06. The van der Waals surface area contributed by atoms with Gasteiger partial charge in [0.25, 0.3) is 0 Å². The molecular formula is C24H26N4O2. The first-order valence-electron chi connectivity index (χ1n) is 10.1. The Hall–Kier alpha value is -3.54. The van der Waals surface area contributed by atoms with Gasteiger partial charge in [-0.2, -0.15) is 5.10 Å². The number of anilines is 1. The van der Waals surface area contributed by atoms with E-state index in [1.165, 1.54) is 0 Å². The van der Waals surface area contributed by atoms with Crippen LogP contribution in [0.2, 0.25) is 0 Å². The van der Waals surface area contributed by atoms with Crippen molar-refractivity contribution in [2.45, 2.75) is 33.7 Å². The van der Waals surface area contributed by atoms with Gasteiger partial charge in [-0.25, -0.2) is 9.48 Å². The molecule has 154 valence electrons. The van der Waals surface area contributed by atoms with Crippen molar-refractivity contribution < 1.29 is 9.21 Å². The minimum Gasteiger partial charge on any atom is -0.461 e. The molecule has 30 heavy (non-hydrogen) atoms. The molecule has 0 unspecified atom stereocenters. The van der Waals surface area contributed by atoms with Gasteiger partial charge in [-0.15, -0.1) is 0 Å². The zero-order valence-corrected chi connectivity index (χ0v) is 17.8. The summed E-state index contributed by atoms with van der Waals surface area (Å²) in [5, 5.41) is 8.70. The number of aryl methyl sites for hydroxylation is 2. The third-order valence-electron chi connectivity index (χ3n) is 5.37. The first-order valence-corrected chi connectivity index (χ1v) is 10.1. The van der Waals surface area contributed by atoms with E-state index >= 15 is 0 Å². The summed E-state index contributed by atoms with van der Waals surface area (Å²) < 4.78 is 7.82. The van der Waals surface area contributed by atoms with E-state index in [1.807, 2.05) is 73.1 Å². The van der Waals surface area contributed by atoms with Crippen molar-refractivity contribution in [1.82, 2.24) is 14.7 Å². The third-order valence-corrected chi connectivity index (χ3v) is 5.37. The van der Waals surface area contributed by atoms with Crippen LogP contribution in [0, 0.1) is 13.8 Å². The molecule has 0 aliphatic rings. The number of amides is 2. The number of carbonyl (C=O) groups is 1. The molecule has 0 fully saturated rings. The van der Waals surface area contributed by atoms with Gasteiger partial charge in [0.1, 0.15) is 11.3 Å². The second-order valence-corrected chi connectivity index (χ2v) is 7.43. The predicted octanol–water partition coefficient (Wildman–Crippen LogP) is 5.46. The van der Waals surface area contributed by atoms with Crippen molar-refractivity contribution >= 4 is 22.7 Å². The number of fused-ring (bicyclic) bond motifs is 1. The Morgan fingerprint density at radius 1 is 1.10 bits per heavy atom. The van der Waals surface area contributed by atoms with E-state index in [9.17, 15) is 4.79 Å². The summed E-state index contributed by atoms with van der Waals surface area (Å²) in [5.74, 6) is 0.917. The van der Waals surface area contributed by atoms with E-state index in [0.29, 0.717) is 6.54 Å². The Labute approximate surface area is 176 Å². The fourth-order valence-corrected chi connectivity index (χ4v) is 3.76. The summed E-state index contributed by atoms with van der Waals surface area (Å²) in [6, 6.07) is 17.7. The van der Waals surface area contributed by atoms with Crippen molar-refractivity contribution in [3.05, 3.63) is 77.3 Å². The Morgan fingerprint density at radius 2 is 1.80 bits per heavy atom. The number of benzene rings is 2. The standard InChI is InChI=1S/C24H26N4O2/c1-5-21-20(19-13-9-10-14-22(19)30-21)15-27(4)24(29)25-23-16(2)26-28(17(23)3)18-11-7-6-8-12-18/h6-14H,5,15H2,1-4H3,(H,25,29). The highest BCUT2D eigenvalue weighted by Crippen LogP contribution is 2.28. The van der Waals surface area contributed by atoms with Gasteiger partial charge in [-0.05, 0) is 32.0 Å². The molecule has 0 atom stereocenters. The van der Waals surface area contributed by atoms with Crippen LogP contribution in [0.4, 0.5) is 10.5 Å². The molecule has 0 bridgehead atoms. The van der Waals surface area contributed by atoms with Crippen LogP contribution in [0.25, 0.3) is 16.7 Å². The van der Waals surface area contributed by atoms with Crippen LogP contribution in [0.15, 0.2) is 59.0 Å². The zero-order chi connectivity index (χ0) is 21.3. The average molecular weight is 402 g/mol. The Morgan fingerprint density at radius 3 is 2.53 bits per heavy atom. The quantitative estimate of drug-likeness (QED) is 0.482. The SMILES string of the molecule is CCc1oc2ccccc2c1CN(C)C(=O)Nc1c(C)nn(-c2ccccc2)c1C. The number of hydrogen-bond donors (Lipinski definition) is 1. The lowest BCUT2D eigenvalue weighted by molar-refractivity contribution is 0.220. The molecule has 0 aliphatic carbocycles. The van der Waals surface area contributed by atoms with Crippen LogP contribution in [0.5, 0.6) is 0 Å². The van der Waals surface area contributed by atoms with Gasteiger partial charge in [0.2, 0.25) is 0 Å². The molecule has 4 aromatic rings. The van der Waals surface area contributed by atoms with Gasteiger partial charge in [0.15, 0.2) is 0 Å². The van der Waals surface area contributed by atoms with Crippen molar-refractivity contribution in [2.75, 3.05) is 12.4 Å². The normalized spacial score (nSPS) is 11.1. The number of furan rings is 1. The van der Waals surface area contributed by atoms with E-state index in [4.69, 9.17) is 4.42 Å². The zero-order valence-electron chi connectivity index (χ0n) is 17.8. The van der Waals surface area contributed by atoms with Crippen molar-refractivity contribution in [1.29, 1.82) is 0 Å². The van der Waals surface area contributed by atoms with Crippen LogP contribution in [-0.4, -0.2) is 27.8 Å². The summed E-state index contributed by atoms with van der Waals surface area (Å²) in [5.41, 5.74) is 5.28. The van der Waals surface area contributed by atoms with E-state index in [-0.39, 0.29) is 6.03 Å². The molecule has 0 spiro atoms. The van der Waals surface area contributed by atoms with Crippen LogP contribution in [0.1, 0.15) is 29.6 Å². The molecule has 2 amide bonds. The number of aromatic nitrogens is 2. The summed E-state index contributed by atoms with van der Waals surface area (Å²) >= 11 is 0. The molecule has 0 saturated carbocycles. The van der Waals surface area contributed by atoms with Crippen molar-refractivity contribution in [3.8, 4) is 5.69 Å². The third kappa shape index (κ3) is 3.56. The van der Waals surface area contributed by atoms with Gasteiger partial charge in [-0.1, -0.05) is 43.3 Å². The Kier molecular flexibility index (Phi) is 5.31. The topological polar surface area (TPSA) is 63.3 Å². The number of carbonyl (C=O) groups excluding carboxylic acids is 1. The minimum atomic E-state index is -0.179. The monoisotopic (exact) mass is 402 g/mol. The van der Waals surface area contributed by atoms with Gasteiger partial charge in [0, 0.05) is 24.4 Å². The predicted molar refractivity (Wildman–Crippen MR) is 119 cm³/mol. The first kappa shape index (κ1) is 19.8. The molecule has 6 heteroatoms. The van der Waals surface area contributed by atoms with Crippen LogP contribution in [-0.2, 0) is 13.0 Å². The van der Waals surface area contributed by atoms with Gasteiger partial charge in [0.05, 0.1) is 29.3 Å². The van der Waals surface area contributed by atoms with E-state index in [2.05, 4.69) is 17.3 Å². The highest BCUT2D eigenvalue weighted by Gasteiger charge is 2.20. The minimum absolute atomic E-state index is 0.179. The number of nitrogens with one attached hydrogen (secondary N) is 1. The molecule has 0 saturated heterocycles. The number of hydrogen-bond acceptors (Lipinski definition) is 3. The van der Waals surface area contributed by atoms with E-state index in [1.54, 1.807) is 11.9 Å². The van der Waals surface area contributed by atoms with Crippen LogP contribution in [0.3, 0.4) is 0 Å². The summed E-state index contributed by atoms with van der Waals surface area (Å²) in [7, 11) is 1.79. The number of para-hydroxylation sites is 2. The lowest BCUT2D eigenvalue weighted by atomic mass is 10.1. The molecule has 0 aliphatic heterocycles. The molecule has 2 heterocycles. The number of urea groups is 1. The first-order chi connectivity index (χ1) is 14.5. The highest BCUT2D eigenvalue weighted by atomic mass is 16.3. The van der Waals surface area contributed by atoms with E-state index in [0.717, 1.165) is 51.5 Å². The summed E-state index contributed by atoms with van der Waals surface area (Å²) in [6.45, 7) is 6.39. The molecule has 2 aromatic carbocycles. The van der Waals surface area contributed by atoms with Gasteiger partial charge < -0.3 is 14.6 Å². The Balaban J connectivity index is 1.56. The van der Waals surface area contributed by atoms with Crippen LogP contribution < -0.4 is 5.32 Å². The molecule has 2 aromatic heterocycles. The Bertz CT molecular complexity index is 1190. The van der Waals surface area contributed by atoms with Crippen molar-refractivity contribution in [3.63, 3.8) is 0 Å². The smallest absolute Gasteiger partial charge is 0.321 e. The number of rotatable bonds is 5. The molecule has 6 nitrogen and oxygen atoms in total. The number of nitrogens with zero attached hydrogens (tertiary/aromatic N) is 3. The van der Waals surface area contributed by atoms with Crippen LogP contribution >= 0.6 is 0 Å². The molecule has 1 N–H and O–H groups in total. The van der Waals surface area contributed by atoms with Gasteiger partial charge >= 0.3 is 6.03 Å². The molecule has 4 rings (SSSR count). The maximum atomic E-state index is 13.0. The fourth-order valence-electron chi connectivity index (χ4n) is 3.76. The molecule has 0 radical (unpaired) electrons. The summed E-state index contributed by atoms with van der Waals surface area (Å²) in [6.07, 6.45) is 0.779. The maximum Gasteiger partial charge on any atom is 0.321 e. The maximum absolute atomic E-state index is 13.0. The fraction of sp³-hybridized carbons (Fsp3) is 0.250. The second-order valence-electron chi connectivity index (χ2n) is 7.43. The largest absolute Gasteiger partial charge is 0.461 e. The highest BCUT2D eigenvalue weighted by molar-refractivity contribution is 5.91. The van der Waals surface area contributed by atoms with E-state index < -0.39 is 0 Å². The summed E-state index contributed by atoms with van der Waals surface area (Å²) in [4.78, 5) is 14.6. The average Bonchev–Trinajstić information content (AvgIpc) is 3.26. The molecular weight excluding hydrogens is 376 g/mol. The van der Waals surface area contributed by atoms with Gasteiger partial charge in [-0.3, -0.25) is 0 Å². The lowest BCUT2D eigenvalue weighted by Gasteiger charge is -2.18. The lowest BCUT2D eigenvalue weighted by Crippen LogP contribution is -2.31. The van der Waals surface area contributed by atoms with Crippen molar-refractivity contribution in [2.24, 2.45) is 0 Å².